The molecular weight excluding hydrogens is 90.1 g/mol. The molecule has 0 aromatic heterocycles. The highest BCUT2D eigenvalue weighted by Gasteiger charge is 1.89. The third-order valence-corrected chi connectivity index (χ3v) is 0.817. The van der Waals surface area contributed by atoms with Gasteiger partial charge in [0.1, 0.15) is 0 Å². The highest BCUT2D eigenvalue weighted by Crippen LogP contribution is 1.85. The van der Waals surface area contributed by atoms with Gasteiger partial charge in [-0.15, -0.1) is 0 Å². The summed E-state index contributed by atoms with van der Waals surface area (Å²) < 4.78 is 5.04. The summed E-state index contributed by atoms with van der Waals surface area (Å²) in [6.45, 7) is 2.36. The van der Waals surface area contributed by atoms with Crippen LogP contribution in [-0.4, -0.2) is 26.0 Å². The summed E-state index contributed by atoms with van der Waals surface area (Å²) in [4.78, 5) is 3.90. The Balaban J connectivity index is 2.20. The largest absolute Gasteiger partial charge is 0.379 e. The van der Waals surface area contributed by atoms with Gasteiger partial charge in [0.15, 0.2) is 0 Å². The Kier molecular flexibility index (Phi) is 1.88. The lowest BCUT2D eigenvalue weighted by molar-refractivity contribution is 0.154. The molecule has 0 amide bonds. The number of nitrogens with zero attached hydrogens (tertiary/aromatic N) is 1. The van der Waals surface area contributed by atoms with Crippen molar-refractivity contribution in [2.24, 2.45) is 4.99 Å². The van der Waals surface area contributed by atoms with Crippen molar-refractivity contribution in [1.82, 2.24) is 0 Å². The SMILES string of the molecule is [C]1=NCCOCC1. The van der Waals surface area contributed by atoms with Crippen molar-refractivity contribution < 1.29 is 4.74 Å². The van der Waals surface area contributed by atoms with Crippen LogP contribution in [0, 0.1) is 0 Å². The van der Waals surface area contributed by atoms with Gasteiger partial charge in [-0.3, -0.25) is 4.99 Å². The predicted octanol–water partition coefficient (Wildman–Crippen LogP) is 0.355. The van der Waals surface area contributed by atoms with Gasteiger partial charge in [0.05, 0.1) is 26.0 Å². The Morgan fingerprint density at radius 1 is 1.43 bits per heavy atom. The quantitative estimate of drug-likeness (QED) is 0.428. The Bertz CT molecular complexity index is 62.5. The van der Waals surface area contributed by atoms with Crippen LogP contribution < -0.4 is 0 Å². The van der Waals surface area contributed by atoms with Crippen molar-refractivity contribution in [2.45, 2.75) is 6.42 Å². The Labute approximate surface area is 43.2 Å². The lowest BCUT2D eigenvalue weighted by Gasteiger charge is -1.90. The normalized spacial score (nSPS) is 21.7. The molecular formula is C5H8NO. The fourth-order valence-electron chi connectivity index (χ4n) is 0.488. The van der Waals surface area contributed by atoms with E-state index in [9.17, 15) is 0 Å². The van der Waals surface area contributed by atoms with E-state index in [-0.39, 0.29) is 0 Å². The average Bonchev–Trinajstić information content (AvgIpc) is 1.90. The molecule has 0 N–H and O–H groups in total. The minimum Gasteiger partial charge on any atom is -0.379 e. The van der Waals surface area contributed by atoms with Crippen molar-refractivity contribution in [3.8, 4) is 0 Å². The van der Waals surface area contributed by atoms with Crippen molar-refractivity contribution in [2.75, 3.05) is 19.8 Å². The lowest BCUT2D eigenvalue weighted by atomic mass is 10.5. The average molecular weight is 98.1 g/mol. The molecule has 1 rings (SSSR count). The summed E-state index contributed by atoms with van der Waals surface area (Å²) in [6.07, 6.45) is 3.71. The molecule has 0 aliphatic carbocycles. The predicted molar refractivity (Wildman–Crippen MR) is 27.7 cm³/mol. The monoisotopic (exact) mass is 98.1 g/mol. The molecule has 0 aromatic rings. The summed E-state index contributed by atoms with van der Waals surface area (Å²) >= 11 is 0. The van der Waals surface area contributed by atoms with Gasteiger partial charge in [-0.05, 0) is 0 Å². The van der Waals surface area contributed by atoms with Gasteiger partial charge in [-0.2, -0.15) is 0 Å². The van der Waals surface area contributed by atoms with E-state index in [0.717, 1.165) is 26.2 Å². The van der Waals surface area contributed by atoms with Gasteiger partial charge in [-0.25, -0.2) is 0 Å². The Morgan fingerprint density at radius 2 is 2.43 bits per heavy atom. The van der Waals surface area contributed by atoms with E-state index in [2.05, 4.69) is 11.2 Å². The summed E-state index contributed by atoms with van der Waals surface area (Å²) in [7, 11) is 0. The molecule has 2 nitrogen and oxygen atoms in total. The van der Waals surface area contributed by atoms with Gasteiger partial charge < -0.3 is 4.74 Å². The molecule has 1 radical (unpaired) electrons. The molecule has 7 heavy (non-hydrogen) atoms. The van der Waals surface area contributed by atoms with Gasteiger partial charge in [-0.1, -0.05) is 0 Å². The fourth-order valence-corrected chi connectivity index (χ4v) is 0.488. The van der Waals surface area contributed by atoms with Crippen molar-refractivity contribution >= 4 is 6.21 Å². The first kappa shape index (κ1) is 4.78. The number of hydrogen-bond acceptors (Lipinski definition) is 2. The molecule has 0 saturated heterocycles. The van der Waals surface area contributed by atoms with Crippen molar-refractivity contribution in [3.63, 3.8) is 0 Å². The molecule has 1 aliphatic heterocycles. The zero-order valence-electron chi connectivity index (χ0n) is 4.18. The van der Waals surface area contributed by atoms with E-state index in [1.54, 1.807) is 0 Å². The molecule has 1 heterocycles. The Hall–Kier alpha value is -0.370. The third kappa shape index (κ3) is 1.69. The molecule has 0 aromatic carbocycles. The summed E-state index contributed by atoms with van der Waals surface area (Å²) in [5.74, 6) is 0. The van der Waals surface area contributed by atoms with Crippen LogP contribution in [0.3, 0.4) is 0 Å². The van der Waals surface area contributed by atoms with Crippen molar-refractivity contribution in [3.05, 3.63) is 0 Å². The van der Waals surface area contributed by atoms with Gasteiger partial charge in [0, 0.05) is 6.42 Å². The number of ether oxygens (including phenoxy) is 1. The molecule has 0 unspecified atom stereocenters. The number of rotatable bonds is 0. The zero-order chi connectivity index (χ0) is 4.95. The Morgan fingerprint density at radius 3 is 3.43 bits per heavy atom. The summed E-state index contributed by atoms with van der Waals surface area (Å²) in [6, 6.07) is 0. The number of aliphatic imine (C=N–C) groups is 1. The van der Waals surface area contributed by atoms with Crippen LogP contribution in [0.5, 0.6) is 0 Å². The van der Waals surface area contributed by atoms with E-state index < -0.39 is 0 Å². The van der Waals surface area contributed by atoms with Crippen LogP contribution in [0.15, 0.2) is 4.99 Å². The van der Waals surface area contributed by atoms with Crippen molar-refractivity contribution in [1.29, 1.82) is 0 Å². The highest BCUT2D eigenvalue weighted by molar-refractivity contribution is 5.57. The molecule has 0 fully saturated rings. The van der Waals surface area contributed by atoms with E-state index in [1.165, 1.54) is 0 Å². The van der Waals surface area contributed by atoms with Crippen LogP contribution in [0.25, 0.3) is 0 Å². The van der Waals surface area contributed by atoms with E-state index in [0.29, 0.717) is 0 Å². The van der Waals surface area contributed by atoms with E-state index in [1.807, 2.05) is 0 Å². The van der Waals surface area contributed by atoms with Crippen LogP contribution in [-0.2, 0) is 4.74 Å². The highest BCUT2D eigenvalue weighted by atomic mass is 16.5. The minimum atomic E-state index is 0.771. The summed E-state index contributed by atoms with van der Waals surface area (Å²) in [5.41, 5.74) is 0. The van der Waals surface area contributed by atoms with Crippen LogP contribution >= 0.6 is 0 Å². The first-order valence-corrected chi connectivity index (χ1v) is 2.47. The molecule has 0 atom stereocenters. The maximum Gasteiger partial charge on any atom is 0.0662 e. The zero-order valence-corrected chi connectivity index (χ0v) is 4.18. The van der Waals surface area contributed by atoms with Crippen LogP contribution in [0.1, 0.15) is 6.42 Å². The second kappa shape index (κ2) is 2.75. The molecule has 0 spiro atoms. The maximum atomic E-state index is 5.04. The van der Waals surface area contributed by atoms with Crippen LogP contribution in [0.2, 0.25) is 0 Å². The molecule has 39 valence electrons. The molecule has 0 saturated carbocycles. The van der Waals surface area contributed by atoms with Gasteiger partial charge in [0.25, 0.3) is 0 Å². The van der Waals surface area contributed by atoms with Crippen LogP contribution in [0.4, 0.5) is 0 Å². The second-order valence-corrected chi connectivity index (χ2v) is 1.40. The van der Waals surface area contributed by atoms with Gasteiger partial charge >= 0.3 is 0 Å². The first-order chi connectivity index (χ1) is 3.50. The topological polar surface area (TPSA) is 21.6 Å². The fraction of sp³-hybridized carbons (Fsp3) is 0.800. The third-order valence-electron chi connectivity index (χ3n) is 0.817. The molecule has 0 bridgehead atoms. The minimum absolute atomic E-state index is 0.771. The standard InChI is InChI=1S/C5H8NO/c1-2-6-3-5-7-4-1/h1,3-5H2. The maximum absolute atomic E-state index is 5.04. The van der Waals surface area contributed by atoms with E-state index in [4.69, 9.17) is 4.74 Å². The number of hydrogen-bond donors (Lipinski definition) is 0. The van der Waals surface area contributed by atoms with E-state index >= 15 is 0 Å². The second-order valence-electron chi connectivity index (χ2n) is 1.40. The lowest BCUT2D eigenvalue weighted by Crippen LogP contribution is -1.94. The first-order valence-electron chi connectivity index (χ1n) is 2.47. The smallest absolute Gasteiger partial charge is 0.0662 e. The molecule has 1 aliphatic rings. The van der Waals surface area contributed by atoms with Gasteiger partial charge in [0.2, 0.25) is 0 Å². The summed E-state index contributed by atoms with van der Waals surface area (Å²) in [5, 5.41) is 0. The molecule has 2 heteroatoms.